The van der Waals surface area contributed by atoms with Crippen molar-refractivity contribution in [2.24, 2.45) is 0 Å². The molecule has 0 bridgehead atoms. The van der Waals surface area contributed by atoms with Gasteiger partial charge in [0.15, 0.2) is 20.9 Å². The zero-order valence-electron chi connectivity index (χ0n) is 21.0. The highest BCUT2D eigenvalue weighted by Gasteiger charge is 2.54. The fraction of sp³-hybridized carbons (Fsp3) is 0.739. The molecule has 0 radical (unpaired) electrons. The number of hydrogen-bond acceptors (Lipinski definition) is 7. The van der Waals surface area contributed by atoms with E-state index in [4.69, 9.17) is 34.2 Å². The minimum Gasteiger partial charge on any atom is -0.497 e. The van der Waals surface area contributed by atoms with Crippen LogP contribution in [0.2, 0.25) is 18.1 Å². The highest BCUT2D eigenvalue weighted by atomic mass is 28.4. The predicted octanol–water partition coefficient (Wildman–Crippen LogP) is 4.28. The van der Waals surface area contributed by atoms with E-state index in [0.717, 1.165) is 0 Å². The molecular formula is C23H38O7Si. The number of methoxy groups -OCH3 is 2. The maximum absolute atomic E-state index is 8.96. The summed E-state index contributed by atoms with van der Waals surface area (Å²) in [5.74, 6) is 0.700. The van der Waals surface area contributed by atoms with Gasteiger partial charge in [0.1, 0.15) is 30.2 Å². The Kier molecular flexibility index (Phi) is 7.37. The maximum atomic E-state index is 8.96. The summed E-state index contributed by atoms with van der Waals surface area (Å²) in [6.07, 6.45) is -4.26. The summed E-state index contributed by atoms with van der Waals surface area (Å²) in [4.78, 5) is 0. The van der Waals surface area contributed by atoms with Crippen LogP contribution in [0.3, 0.4) is 0 Å². The van der Waals surface area contributed by atoms with Gasteiger partial charge in [0, 0.05) is 19.3 Å². The highest BCUT2D eigenvalue weighted by molar-refractivity contribution is 6.74. The van der Waals surface area contributed by atoms with E-state index in [2.05, 4.69) is 33.9 Å². The van der Waals surface area contributed by atoms with Gasteiger partial charge in [0.05, 0.1) is 15.1 Å². The molecule has 0 aliphatic carbocycles. The Morgan fingerprint density at radius 2 is 1.77 bits per heavy atom. The number of ether oxygens (including phenoxy) is 6. The molecule has 8 heteroatoms. The average Bonchev–Trinajstić information content (AvgIpc) is 2.74. The summed E-state index contributed by atoms with van der Waals surface area (Å²) < 4.78 is 51.0. The van der Waals surface area contributed by atoms with Crippen LogP contribution in [-0.2, 0) is 28.1 Å². The van der Waals surface area contributed by atoms with Crippen LogP contribution in [0.4, 0.5) is 0 Å². The molecule has 176 valence electrons. The van der Waals surface area contributed by atoms with Gasteiger partial charge >= 0.3 is 0 Å². The molecule has 0 aromatic heterocycles. The lowest BCUT2D eigenvalue weighted by atomic mass is 9.97. The van der Waals surface area contributed by atoms with Crippen LogP contribution in [0, 0.1) is 0 Å². The molecule has 0 amide bonds. The van der Waals surface area contributed by atoms with Crippen LogP contribution in [0.25, 0.3) is 0 Å². The van der Waals surface area contributed by atoms with E-state index in [-0.39, 0.29) is 11.6 Å². The summed E-state index contributed by atoms with van der Waals surface area (Å²) in [6, 6.07) is 7.12. The smallest absolute Gasteiger partial charge is 0.192 e. The van der Waals surface area contributed by atoms with Crippen molar-refractivity contribution in [3.8, 4) is 5.75 Å². The van der Waals surface area contributed by atoms with Crippen LogP contribution in [-0.4, -0.2) is 66.5 Å². The van der Waals surface area contributed by atoms with Crippen LogP contribution >= 0.6 is 0 Å². The summed E-state index contributed by atoms with van der Waals surface area (Å²) in [5.41, 5.74) is 0.574. The molecule has 2 heterocycles. The van der Waals surface area contributed by atoms with Crippen LogP contribution in [0.1, 0.15) is 40.9 Å². The van der Waals surface area contributed by atoms with Gasteiger partial charge in [-0.25, -0.2) is 0 Å². The number of rotatable bonds is 7. The first kappa shape index (κ1) is 23.2. The van der Waals surface area contributed by atoms with Crippen molar-refractivity contribution < 1.29 is 34.2 Å². The minimum atomic E-state index is -2.21. The fourth-order valence-electron chi connectivity index (χ4n) is 3.56. The maximum Gasteiger partial charge on any atom is 0.192 e. The van der Waals surface area contributed by atoms with E-state index in [1.165, 1.54) is 0 Å². The van der Waals surface area contributed by atoms with Gasteiger partial charge in [0.2, 0.25) is 0 Å². The Balaban J connectivity index is 1.95. The highest BCUT2D eigenvalue weighted by Crippen LogP contribution is 2.42. The second-order valence-corrected chi connectivity index (χ2v) is 14.2. The Bertz CT molecular complexity index is 754. The Hall–Kier alpha value is -1.00. The quantitative estimate of drug-likeness (QED) is 0.569. The summed E-state index contributed by atoms with van der Waals surface area (Å²) in [6.45, 7) is 13.5. The van der Waals surface area contributed by atoms with E-state index in [0.29, 0.717) is 17.9 Å². The number of benzene rings is 1. The lowest BCUT2D eigenvalue weighted by Gasteiger charge is -2.51. The van der Waals surface area contributed by atoms with E-state index in [1.54, 1.807) is 38.5 Å². The van der Waals surface area contributed by atoms with Gasteiger partial charge in [-0.2, -0.15) is 0 Å². The van der Waals surface area contributed by atoms with Crippen LogP contribution in [0.15, 0.2) is 24.3 Å². The molecule has 3 rings (SSSR count). The van der Waals surface area contributed by atoms with Gasteiger partial charge in [-0.05, 0) is 37.2 Å². The standard InChI is InChI=1S/C23H38O7Si/c1-9-26-20-19(30-31(7,8)23(2,3)4)18-17(28-22(20)25-6)14-27-21(29-18)15-10-12-16(24-5)13-11-15/h10-13,17-22H,9,14H2,1-8H3/t17-,18-,19+,20+,21?,22?/m1/s1/i21D. The molecule has 2 saturated heterocycles. The van der Waals surface area contributed by atoms with Crippen LogP contribution < -0.4 is 4.74 Å². The predicted molar refractivity (Wildman–Crippen MR) is 120 cm³/mol. The largest absolute Gasteiger partial charge is 0.497 e. The molecule has 31 heavy (non-hydrogen) atoms. The van der Waals surface area contributed by atoms with Crippen molar-refractivity contribution in [1.29, 1.82) is 0 Å². The monoisotopic (exact) mass is 455 g/mol. The van der Waals surface area contributed by atoms with Gasteiger partial charge in [-0.15, -0.1) is 0 Å². The zero-order valence-corrected chi connectivity index (χ0v) is 21.0. The van der Waals surface area contributed by atoms with Crippen molar-refractivity contribution in [2.75, 3.05) is 27.4 Å². The molecule has 2 aliphatic heterocycles. The molecule has 2 fully saturated rings. The van der Waals surface area contributed by atoms with Crippen molar-refractivity contribution >= 4 is 8.32 Å². The molecule has 2 unspecified atom stereocenters. The second kappa shape index (κ2) is 9.87. The van der Waals surface area contributed by atoms with Crippen molar-refractivity contribution in [2.45, 2.75) is 82.8 Å². The third-order valence-electron chi connectivity index (χ3n) is 6.37. The van der Waals surface area contributed by atoms with E-state index in [1.807, 2.05) is 6.92 Å². The molecule has 2 aliphatic rings. The Labute approximate surface area is 188 Å². The second-order valence-electron chi connectivity index (χ2n) is 9.45. The number of hydrogen-bond donors (Lipinski definition) is 0. The zero-order chi connectivity index (χ0) is 23.7. The summed E-state index contributed by atoms with van der Waals surface area (Å²) in [7, 11) is 0.988. The van der Waals surface area contributed by atoms with Crippen molar-refractivity contribution in [1.82, 2.24) is 0 Å². The average molecular weight is 456 g/mol. The summed E-state index contributed by atoms with van der Waals surface area (Å²) >= 11 is 0. The molecule has 1 aromatic carbocycles. The van der Waals surface area contributed by atoms with E-state index in [9.17, 15) is 0 Å². The molecule has 6 atom stereocenters. The first-order chi connectivity index (χ1) is 15.0. The van der Waals surface area contributed by atoms with Crippen molar-refractivity contribution in [3.05, 3.63) is 29.8 Å². The topological polar surface area (TPSA) is 64.6 Å². The normalized spacial score (nSPS) is 34.7. The van der Waals surface area contributed by atoms with Gasteiger partial charge in [-0.1, -0.05) is 32.9 Å². The number of fused-ring (bicyclic) bond motifs is 1. The first-order valence-electron chi connectivity index (χ1n) is 11.4. The lowest BCUT2D eigenvalue weighted by molar-refractivity contribution is -0.360. The van der Waals surface area contributed by atoms with Crippen molar-refractivity contribution in [3.63, 3.8) is 0 Å². The molecule has 0 N–H and O–H groups in total. The summed E-state index contributed by atoms with van der Waals surface area (Å²) in [5, 5.41) is -0.0145. The molecule has 0 saturated carbocycles. The van der Waals surface area contributed by atoms with E-state index < -0.39 is 45.3 Å². The molecule has 7 nitrogen and oxygen atoms in total. The lowest BCUT2D eigenvalue weighted by Crippen LogP contribution is -2.66. The van der Waals surface area contributed by atoms with E-state index >= 15 is 0 Å². The molecule has 1 aromatic rings. The third kappa shape index (κ3) is 5.33. The minimum absolute atomic E-state index is 0.0145. The third-order valence-corrected chi connectivity index (χ3v) is 10.8. The fourth-order valence-corrected chi connectivity index (χ4v) is 4.86. The van der Waals surface area contributed by atoms with Gasteiger partial charge in [0.25, 0.3) is 0 Å². The molecular weight excluding hydrogens is 416 g/mol. The first-order valence-corrected chi connectivity index (χ1v) is 13.8. The Morgan fingerprint density at radius 3 is 2.32 bits per heavy atom. The Morgan fingerprint density at radius 1 is 1.10 bits per heavy atom. The van der Waals surface area contributed by atoms with Gasteiger partial charge < -0.3 is 32.8 Å². The molecule has 0 spiro atoms. The SMILES string of the molecule is [2H]C1(c2ccc(OC)cc2)OC[C@H]2OC(OC)[C@@H](OCC)[C@@H](O[Si](C)(C)C(C)(C)C)[C@@H]2O1. The van der Waals surface area contributed by atoms with Gasteiger partial charge in [-0.3, -0.25) is 0 Å². The van der Waals surface area contributed by atoms with Crippen LogP contribution in [0.5, 0.6) is 5.75 Å².